The van der Waals surface area contributed by atoms with E-state index in [1.807, 2.05) is 6.92 Å². The monoisotopic (exact) mass is 359 g/mol. The molecule has 0 radical (unpaired) electrons. The van der Waals surface area contributed by atoms with E-state index in [1.54, 1.807) is 6.20 Å². The minimum atomic E-state index is -3.44. The fourth-order valence-electron chi connectivity index (χ4n) is 3.44. The van der Waals surface area contributed by atoms with Crippen molar-refractivity contribution in [1.29, 1.82) is 0 Å². The van der Waals surface area contributed by atoms with Crippen LogP contribution in [0.3, 0.4) is 0 Å². The van der Waals surface area contributed by atoms with Gasteiger partial charge in [-0.3, -0.25) is 14.0 Å². The normalized spacial score (nSPS) is 27.5. The lowest BCUT2D eigenvalue weighted by molar-refractivity contribution is -0.130. The van der Waals surface area contributed by atoms with E-state index in [2.05, 4.69) is 17.9 Å². The fourth-order valence-corrected chi connectivity index (χ4v) is 5.21. The van der Waals surface area contributed by atoms with E-state index in [4.69, 9.17) is 4.18 Å². The highest BCUT2D eigenvalue weighted by Gasteiger charge is 2.38. The van der Waals surface area contributed by atoms with Crippen LogP contribution in [0.2, 0.25) is 0 Å². The van der Waals surface area contributed by atoms with Gasteiger partial charge >= 0.3 is 0 Å². The van der Waals surface area contributed by atoms with Gasteiger partial charge < -0.3 is 5.43 Å². The molecule has 0 aromatic carbocycles. The van der Waals surface area contributed by atoms with Gasteiger partial charge in [-0.15, -0.1) is 5.53 Å². The Morgan fingerprint density at radius 2 is 1.96 bits per heavy atom. The number of carbonyl (C=O) groups excluding carboxylic acids is 1. The number of nitrogens with zero attached hydrogens (tertiary/aromatic N) is 1. The summed E-state index contributed by atoms with van der Waals surface area (Å²) in [5, 5.41) is 1.17. The van der Waals surface area contributed by atoms with E-state index in [0.717, 1.165) is 32.1 Å². The van der Waals surface area contributed by atoms with Gasteiger partial charge in [0.05, 0.1) is 11.9 Å². The molecular weight excluding hydrogens is 330 g/mol. The minimum Gasteiger partial charge on any atom is -0.311 e. The lowest BCUT2D eigenvalue weighted by Gasteiger charge is -2.24. The van der Waals surface area contributed by atoms with Gasteiger partial charge in [-0.1, -0.05) is 26.7 Å². The van der Waals surface area contributed by atoms with Gasteiger partial charge in [0, 0.05) is 18.8 Å². The molecule has 7 nitrogen and oxygen atoms in total. The molecule has 3 atom stereocenters. The summed E-state index contributed by atoms with van der Waals surface area (Å²) in [5.41, 5.74) is 5.54. The van der Waals surface area contributed by atoms with Crippen molar-refractivity contribution in [2.45, 2.75) is 57.6 Å². The van der Waals surface area contributed by atoms with Gasteiger partial charge in [0.1, 0.15) is 0 Å². The average Bonchev–Trinajstić information content (AvgIpc) is 2.87. The third-order valence-corrected chi connectivity index (χ3v) is 6.61. The fraction of sp³-hybridized carbons (Fsp3) is 0.812. The van der Waals surface area contributed by atoms with Crippen molar-refractivity contribution in [2.75, 3.05) is 13.2 Å². The zero-order chi connectivity index (χ0) is 17.6. The highest BCUT2D eigenvalue weighted by molar-refractivity contribution is 7.87. The molecule has 138 valence electrons. The molecule has 0 aromatic heterocycles. The number of rotatable bonds is 9. The number of hydrogen-bond acceptors (Lipinski definition) is 6. The summed E-state index contributed by atoms with van der Waals surface area (Å²) in [5.74, 6) is 0.573. The Morgan fingerprint density at radius 3 is 2.62 bits per heavy atom. The minimum absolute atomic E-state index is 0.0666. The first-order valence-corrected chi connectivity index (χ1v) is 10.2. The Bertz CT molecular complexity index is 550. The summed E-state index contributed by atoms with van der Waals surface area (Å²) >= 11 is 0. The number of carbonyl (C=O) groups is 1. The first-order chi connectivity index (χ1) is 11.4. The molecule has 2 N–H and O–H groups in total. The van der Waals surface area contributed by atoms with Crippen LogP contribution < -0.4 is 11.0 Å². The van der Waals surface area contributed by atoms with E-state index in [-0.39, 0.29) is 23.7 Å². The highest BCUT2D eigenvalue weighted by Crippen LogP contribution is 2.35. The van der Waals surface area contributed by atoms with Crippen LogP contribution in [0.25, 0.3) is 0 Å². The van der Waals surface area contributed by atoms with Crippen molar-refractivity contribution in [3.05, 3.63) is 12.3 Å². The summed E-state index contributed by atoms with van der Waals surface area (Å²) in [6, 6.07) is 0. The number of nitrogens with one attached hydrogen (secondary N) is 2. The van der Waals surface area contributed by atoms with Crippen molar-refractivity contribution in [3.63, 3.8) is 0 Å². The predicted molar refractivity (Wildman–Crippen MR) is 91.8 cm³/mol. The first-order valence-electron chi connectivity index (χ1n) is 8.77. The van der Waals surface area contributed by atoms with Gasteiger partial charge in [0.15, 0.2) is 0 Å². The number of amides is 1. The van der Waals surface area contributed by atoms with Crippen molar-refractivity contribution in [1.82, 2.24) is 16.0 Å². The van der Waals surface area contributed by atoms with Crippen molar-refractivity contribution in [2.24, 2.45) is 11.8 Å². The van der Waals surface area contributed by atoms with Crippen LogP contribution in [-0.4, -0.2) is 37.7 Å². The molecule has 1 amide bonds. The smallest absolute Gasteiger partial charge is 0.270 e. The molecule has 1 aliphatic heterocycles. The van der Waals surface area contributed by atoms with Gasteiger partial charge in [-0.2, -0.15) is 8.42 Å². The quantitative estimate of drug-likeness (QED) is 0.481. The van der Waals surface area contributed by atoms with Gasteiger partial charge in [-0.05, 0) is 37.5 Å². The maximum atomic E-state index is 12.2. The third kappa shape index (κ3) is 5.46. The maximum absolute atomic E-state index is 12.2. The third-order valence-electron chi connectivity index (χ3n) is 4.71. The van der Waals surface area contributed by atoms with E-state index >= 15 is 0 Å². The summed E-state index contributed by atoms with van der Waals surface area (Å²) in [7, 11) is -3.44. The average molecular weight is 359 g/mol. The molecule has 8 heteroatoms. The molecule has 2 aliphatic rings. The first kappa shape index (κ1) is 19.2. The SMILES string of the molecule is CC1CC(C)C(S(=O)(=O)OCCCCCCN2NNC=CC2=O)C1. The summed E-state index contributed by atoms with van der Waals surface area (Å²) < 4.78 is 29.7. The molecule has 1 fully saturated rings. The molecule has 0 aromatic rings. The van der Waals surface area contributed by atoms with E-state index in [9.17, 15) is 13.2 Å². The Balaban J connectivity index is 1.56. The molecule has 1 saturated carbocycles. The van der Waals surface area contributed by atoms with Crippen LogP contribution in [0.15, 0.2) is 12.3 Å². The summed E-state index contributed by atoms with van der Waals surface area (Å²) in [6.07, 6.45) is 8.09. The largest absolute Gasteiger partial charge is 0.311 e. The Labute approximate surface area is 144 Å². The zero-order valence-corrected chi connectivity index (χ0v) is 15.3. The molecule has 3 unspecified atom stereocenters. The maximum Gasteiger partial charge on any atom is 0.270 e. The van der Waals surface area contributed by atoms with Crippen molar-refractivity contribution in [3.8, 4) is 0 Å². The topological polar surface area (TPSA) is 87.7 Å². The van der Waals surface area contributed by atoms with E-state index in [1.165, 1.54) is 11.1 Å². The molecule has 0 saturated heterocycles. The van der Waals surface area contributed by atoms with Crippen LogP contribution >= 0.6 is 0 Å². The molecule has 0 bridgehead atoms. The molecule has 1 aliphatic carbocycles. The second-order valence-electron chi connectivity index (χ2n) is 6.90. The Morgan fingerprint density at radius 1 is 1.21 bits per heavy atom. The van der Waals surface area contributed by atoms with Crippen LogP contribution in [0.1, 0.15) is 52.4 Å². The van der Waals surface area contributed by atoms with Gasteiger partial charge in [0.25, 0.3) is 16.0 Å². The summed E-state index contributed by atoms with van der Waals surface area (Å²) in [4.78, 5) is 11.5. The van der Waals surface area contributed by atoms with Crippen molar-refractivity contribution >= 4 is 16.0 Å². The molecular formula is C16H29N3O4S. The molecule has 24 heavy (non-hydrogen) atoms. The standard InChI is InChI=1S/C16H29N3O4S/c1-13-11-14(2)15(12-13)24(21,22)23-10-6-4-3-5-9-19-16(20)7-8-17-18-19/h7-8,13-15,17-18H,3-6,9-12H2,1-2H3. The van der Waals surface area contributed by atoms with E-state index in [0.29, 0.717) is 18.9 Å². The Hall–Kier alpha value is -1.12. The van der Waals surface area contributed by atoms with Crippen LogP contribution in [0, 0.1) is 11.8 Å². The molecule has 2 rings (SSSR count). The number of hydrazine groups is 2. The predicted octanol–water partition coefficient (Wildman–Crippen LogP) is 1.69. The lowest BCUT2D eigenvalue weighted by Crippen LogP contribution is -2.51. The van der Waals surface area contributed by atoms with Gasteiger partial charge in [-0.25, -0.2) is 0 Å². The molecule has 0 spiro atoms. The Kier molecular flexibility index (Phi) is 7.06. The van der Waals surface area contributed by atoms with Crippen LogP contribution in [0.5, 0.6) is 0 Å². The van der Waals surface area contributed by atoms with Gasteiger partial charge in [0.2, 0.25) is 0 Å². The molecule has 1 heterocycles. The number of unbranched alkanes of at least 4 members (excludes halogenated alkanes) is 3. The summed E-state index contributed by atoms with van der Waals surface area (Å²) in [6.45, 7) is 4.96. The van der Waals surface area contributed by atoms with E-state index < -0.39 is 10.1 Å². The lowest BCUT2D eigenvalue weighted by atomic mass is 10.1. The zero-order valence-electron chi connectivity index (χ0n) is 14.5. The van der Waals surface area contributed by atoms with Crippen LogP contribution in [-0.2, 0) is 19.1 Å². The van der Waals surface area contributed by atoms with Crippen molar-refractivity contribution < 1.29 is 17.4 Å². The second kappa shape index (κ2) is 8.82. The highest BCUT2D eigenvalue weighted by atomic mass is 32.2. The second-order valence-corrected chi connectivity index (χ2v) is 8.73. The van der Waals surface area contributed by atoms with Crippen LogP contribution in [0.4, 0.5) is 0 Å². The number of hydrogen-bond donors (Lipinski definition) is 2.